The van der Waals surface area contributed by atoms with Crippen molar-refractivity contribution in [2.45, 2.75) is 26.2 Å². The molecule has 0 bridgehead atoms. The lowest BCUT2D eigenvalue weighted by Crippen LogP contribution is -2.35. The van der Waals surface area contributed by atoms with E-state index in [1.165, 1.54) is 6.92 Å². The van der Waals surface area contributed by atoms with Gasteiger partial charge in [0.1, 0.15) is 0 Å². The van der Waals surface area contributed by atoms with Crippen molar-refractivity contribution in [1.82, 2.24) is 0 Å². The van der Waals surface area contributed by atoms with E-state index in [0.29, 0.717) is 23.6 Å². The minimum Gasteiger partial charge on any atom is -0.398 e. The van der Waals surface area contributed by atoms with Gasteiger partial charge >= 0.3 is 0 Å². The van der Waals surface area contributed by atoms with Crippen LogP contribution in [0.4, 0.5) is 11.4 Å². The van der Waals surface area contributed by atoms with Crippen LogP contribution in [0.2, 0.25) is 0 Å². The van der Waals surface area contributed by atoms with Gasteiger partial charge in [0, 0.05) is 36.4 Å². The lowest BCUT2D eigenvalue weighted by molar-refractivity contribution is -0.119. The van der Waals surface area contributed by atoms with Crippen molar-refractivity contribution in [2.75, 3.05) is 23.7 Å². The topological polar surface area (TPSA) is 89.4 Å². The molecule has 2 rings (SSSR count). The summed E-state index contributed by atoms with van der Waals surface area (Å²) in [6, 6.07) is 5.57. The zero-order valence-corrected chi connectivity index (χ0v) is 11.8. The molecule has 20 heavy (non-hydrogen) atoms. The molecule has 108 valence electrons. The molecule has 5 nitrogen and oxygen atoms in total. The van der Waals surface area contributed by atoms with Crippen LogP contribution >= 0.6 is 0 Å². The number of primary amides is 1. The van der Waals surface area contributed by atoms with Gasteiger partial charge in [-0.25, -0.2) is 0 Å². The lowest BCUT2D eigenvalue weighted by Gasteiger charge is -2.33. The summed E-state index contributed by atoms with van der Waals surface area (Å²) >= 11 is 0. The van der Waals surface area contributed by atoms with E-state index in [-0.39, 0.29) is 11.7 Å². The lowest BCUT2D eigenvalue weighted by atomic mass is 9.93. The second-order valence-electron chi connectivity index (χ2n) is 5.43. The number of amides is 1. The van der Waals surface area contributed by atoms with E-state index in [1.807, 2.05) is 12.1 Å². The van der Waals surface area contributed by atoms with Gasteiger partial charge in [-0.3, -0.25) is 9.59 Å². The van der Waals surface area contributed by atoms with Crippen LogP contribution in [-0.4, -0.2) is 24.8 Å². The number of Topliss-reactive ketones (excluding diaryl/α,β-unsaturated/α-hetero) is 1. The van der Waals surface area contributed by atoms with Crippen LogP contribution in [0, 0.1) is 5.92 Å². The molecule has 1 aromatic carbocycles. The average molecular weight is 275 g/mol. The van der Waals surface area contributed by atoms with Crippen molar-refractivity contribution in [1.29, 1.82) is 0 Å². The molecule has 0 unspecified atom stereocenters. The number of hydrogen-bond acceptors (Lipinski definition) is 4. The maximum Gasteiger partial charge on any atom is 0.217 e. The Morgan fingerprint density at radius 1 is 1.30 bits per heavy atom. The first-order chi connectivity index (χ1) is 9.47. The molecule has 1 aliphatic rings. The van der Waals surface area contributed by atoms with Crippen LogP contribution in [0.1, 0.15) is 36.5 Å². The maximum atomic E-state index is 11.5. The highest BCUT2D eigenvalue weighted by molar-refractivity contribution is 6.00. The van der Waals surface area contributed by atoms with E-state index >= 15 is 0 Å². The van der Waals surface area contributed by atoms with Gasteiger partial charge in [0.25, 0.3) is 0 Å². The van der Waals surface area contributed by atoms with Crippen LogP contribution < -0.4 is 16.4 Å². The number of carbonyl (C=O) groups excluding carboxylic acids is 2. The Labute approximate surface area is 118 Å². The molecule has 1 heterocycles. The fraction of sp³-hybridized carbons (Fsp3) is 0.467. The Kier molecular flexibility index (Phi) is 4.27. The van der Waals surface area contributed by atoms with E-state index in [2.05, 4.69) is 4.90 Å². The molecule has 0 aromatic heterocycles. The Morgan fingerprint density at radius 3 is 2.50 bits per heavy atom. The summed E-state index contributed by atoms with van der Waals surface area (Å²) in [5.41, 5.74) is 13.1. The SMILES string of the molecule is CC(=O)c1cc(N2CCC(CC(N)=O)CC2)ccc1N. The first-order valence-electron chi connectivity index (χ1n) is 6.91. The van der Waals surface area contributed by atoms with Gasteiger partial charge in [-0.05, 0) is 43.9 Å². The summed E-state index contributed by atoms with van der Waals surface area (Å²) in [4.78, 5) is 24.7. The zero-order valence-electron chi connectivity index (χ0n) is 11.8. The monoisotopic (exact) mass is 275 g/mol. The number of nitrogen functional groups attached to an aromatic ring is 1. The fourth-order valence-electron chi connectivity index (χ4n) is 2.73. The van der Waals surface area contributed by atoms with Crippen LogP contribution in [0.25, 0.3) is 0 Å². The molecule has 0 saturated carbocycles. The molecular formula is C15H21N3O2. The van der Waals surface area contributed by atoms with Crippen molar-refractivity contribution in [2.24, 2.45) is 11.7 Å². The number of carbonyl (C=O) groups is 2. The number of ketones is 1. The maximum absolute atomic E-state index is 11.5. The molecule has 0 aliphatic carbocycles. The van der Waals surface area contributed by atoms with Gasteiger partial charge in [-0.15, -0.1) is 0 Å². The second-order valence-corrected chi connectivity index (χ2v) is 5.43. The minimum absolute atomic E-state index is 0.0204. The molecule has 1 fully saturated rings. The number of rotatable bonds is 4. The predicted octanol–water partition coefficient (Wildman–Crippen LogP) is 1.56. The smallest absolute Gasteiger partial charge is 0.217 e. The van der Waals surface area contributed by atoms with Crippen molar-refractivity contribution in [3.8, 4) is 0 Å². The Morgan fingerprint density at radius 2 is 1.95 bits per heavy atom. The average Bonchev–Trinajstić information content (AvgIpc) is 2.39. The summed E-state index contributed by atoms with van der Waals surface area (Å²) in [6.45, 7) is 3.27. The summed E-state index contributed by atoms with van der Waals surface area (Å²) in [5.74, 6) is 0.132. The summed E-state index contributed by atoms with van der Waals surface area (Å²) in [5, 5.41) is 0. The number of piperidine rings is 1. The third-order valence-electron chi connectivity index (χ3n) is 3.89. The summed E-state index contributed by atoms with van der Waals surface area (Å²) in [7, 11) is 0. The van der Waals surface area contributed by atoms with E-state index in [1.54, 1.807) is 6.07 Å². The molecule has 4 N–H and O–H groups in total. The van der Waals surface area contributed by atoms with Gasteiger partial charge in [-0.1, -0.05) is 0 Å². The first-order valence-corrected chi connectivity index (χ1v) is 6.91. The summed E-state index contributed by atoms with van der Waals surface area (Å²) < 4.78 is 0. The minimum atomic E-state index is -0.227. The van der Waals surface area contributed by atoms with Gasteiger partial charge in [0.05, 0.1) is 0 Å². The van der Waals surface area contributed by atoms with E-state index in [9.17, 15) is 9.59 Å². The number of benzene rings is 1. The molecule has 1 amide bonds. The van der Waals surface area contributed by atoms with Gasteiger partial charge in [-0.2, -0.15) is 0 Å². The van der Waals surface area contributed by atoms with E-state index in [4.69, 9.17) is 11.5 Å². The van der Waals surface area contributed by atoms with Crippen molar-refractivity contribution in [3.05, 3.63) is 23.8 Å². The Balaban J connectivity index is 2.05. The largest absolute Gasteiger partial charge is 0.398 e. The van der Waals surface area contributed by atoms with Crippen LogP contribution in [0.5, 0.6) is 0 Å². The highest BCUT2D eigenvalue weighted by Gasteiger charge is 2.21. The Hall–Kier alpha value is -2.04. The molecular weight excluding hydrogens is 254 g/mol. The third kappa shape index (κ3) is 3.29. The van der Waals surface area contributed by atoms with E-state index < -0.39 is 0 Å². The fourth-order valence-corrected chi connectivity index (χ4v) is 2.73. The highest BCUT2D eigenvalue weighted by Crippen LogP contribution is 2.27. The highest BCUT2D eigenvalue weighted by atomic mass is 16.1. The third-order valence-corrected chi connectivity index (χ3v) is 3.89. The first kappa shape index (κ1) is 14.4. The number of hydrogen-bond donors (Lipinski definition) is 2. The van der Waals surface area contributed by atoms with Crippen molar-refractivity contribution in [3.63, 3.8) is 0 Å². The molecule has 0 atom stereocenters. The molecule has 1 aromatic rings. The zero-order chi connectivity index (χ0) is 14.7. The quantitative estimate of drug-likeness (QED) is 0.644. The van der Waals surface area contributed by atoms with Gasteiger partial charge < -0.3 is 16.4 Å². The molecule has 1 aliphatic heterocycles. The van der Waals surface area contributed by atoms with Crippen LogP contribution in [0.3, 0.4) is 0 Å². The van der Waals surface area contributed by atoms with Gasteiger partial charge in [0.15, 0.2) is 5.78 Å². The number of nitrogens with two attached hydrogens (primary N) is 2. The van der Waals surface area contributed by atoms with Crippen molar-refractivity contribution >= 4 is 23.1 Å². The van der Waals surface area contributed by atoms with Crippen LogP contribution in [-0.2, 0) is 4.79 Å². The second kappa shape index (κ2) is 5.94. The number of nitrogens with zero attached hydrogens (tertiary/aromatic N) is 1. The van der Waals surface area contributed by atoms with Crippen molar-refractivity contribution < 1.29 is 9.59 Å². The molecule has 5 heteroatoms. The number of anilines is 2. The molecule has 1 saturated heterocycles. The van der Waals surface area contributed by atoms with Crippen LogP contribution in [0.15, 0.2) is 18.2 Å². The standard InChI is InChI=1S/C15H21N3O2/c1-10(19)13-9-12(2-3-14(13)16)18-6-4-11(5-7-18)8-15(17)20/h2-3,9,11H,4-8,16H2,1H3,(H2,17,20). The Bertz CT molecular complexity index is 520. The summed E-state index contributed by atoms with van der Waals surface area (Å²) in [6.07, 6.45) is 2.36. The van der Waals surface area contributed by atoms with E-state index in [0.717, 1.165) is 31.6 Å². The van der Waals surface area contributed by atoms with Gasteiger partial charge in [0.2, 0.25) is 5.91 Å². The molecule has 0 spiro atoms. The predicted molar refractivity (Wildman–Crippen MR) is 79.6 cm³/mol. The molecule has 0 radical (unpaired) electrons. The normalized spacial score (nSPS) is 16.1.